The minimum atomic E-state index is 0.442. The van der Waals surface area contributed by atoms with E-state index in [0.29, 0.717) is 6.04 Å². The van der Waals surface area contributed by atoms with Crippen LogP contribution in [-0.4, -0.2) is 48.1 Å². The van der Waals surface area contributed by atoms with E-state index in [2.05, 4.69) is 59.7 Å². The van der Waals surface area contributed by atoms with Crippen LogP contribution in [0.25, 0.3) is 0 Å². The molecule has 2 N–H and O–H groups in total. The maximum absolute atomic E-state index is 4.82. The maximum Gasteiger partial charge on any atom is 0.191 e. The largest absolute Gasteiger partial charge is 0.357 e. The SMILES string of the molecule is CCNC(=NCC(C)N1CCc2sccc2C1)NCCc1nc(C)c(C)s1. The second kappa shape index (κ2) is 9.66. The molecule has 0 fully saturated rings. The van der Waals surface area contributed by atoms with Gasteiger partial charge in [-0.1, -0.05) is 0 Å². The summed E-state index contributed by atoms with van der Waals surface area (Å²) in [6.45, 7) is 13.3. The van der Waals surface area contributed by atoms with Gasteiger partial charge in [-0.15, -0.1) is 22.7 Å². The predicted molar refractivity (Wildman–Crippen MR) is 117 cm³/mol. The van der Waals surface area contributed by atoms with Crippen molar-refractivity contribution in [2.45, 2.75) is 53.1 Å². The van der Waals surface area contributed by atoms with Crippen molar-refractivity contribution in [2.75, 3.05) is 26.2 Å². The molecule has 148 valence electrons. The molecular formula is C20H31N5S2. The molecule has 0 radical (unpaired) electrons. The highest BCUT2D eigenvalue weighted by Crippen LogP contribution is 2.25. The first-order chi connectivity index (χ1) is 13.1. The number of hydrogen-bond acceptors (Lipinski definition) is 5. The molecule has 2 aromatic rings. The van der Waals surface area contributed by atoms with E-state index in [4.69, 9.17) is 4.99 Å². The fraction of sp³-hybridized carbons (Fsp3) is 0.600. The van der Waals surface area contributed by atoms with Gasteiger partial charge in [0.25, 0.3) is 0 Å². The lowest BCUT2D eigenvalue weighted by Gasteiger charge is -2.31. The van der Waals surface area contributed by atoms with Crippen molar-refractivity contribution in [1.29, 1.82) is 0 Å². The molecule has 0 aromatic carbocycles. The number of aryl methyl sites for hydroxylation is 2. The van der Waals surface area contributed by atoms with Gasteiger partial charge in [0, 0.05) is 48.4 Å². The van der Waals surface area contributed by atoms with Gasteiger partial charge >= 0.3 is 0 Å². The molecule has 27 heavy (non-hydrogen) atoms. The van der Waals surface area contributed by atoms with Gasteiger partial charge in [-0.3, -0.25) is 9.89 Å². The number of hydrogen-bond donors (Lipinski definition) is 2. The van der Waals surface area contributed by atoms with E-state index in [1.54, 1.807) is 16.2 Å². The number of nitrogens with zero attached hydrogens (tertiary/aromatic N) is 3. The molecule has 1 atom stereocenters. The van der Waals surface area contributed by atoms with Gasteiger partial charge in [-0.25, -0.2) is 4.98 Å². The normalized spacial score (nSPS) is 16.2. The summed E-state index contributed by atoms with van der Waals surface area (Å²) in [7, 11) is 0. The molecule has 0 saturated heterocycles. The molecule has 3 heterocycles. The van der Waals surface area contributed by atoms with Crippen molar-refractivity contribution >= 4 is 28.6 Å². The van der Waals surface area contributed by atoms with Gasteiger partial charge in [0.05, 0.1) is 17.2 Å². The van der Waals surface area contributed by atoms with Crippen molar-refractivity contribution in [3.05, 3.63) is 37.5 Å². The third kappa shape index (κ3) is 5.53. The first-order valence-electron chi connectivity index (χ1n) is 9.81. The van der Waals surface area contributed by atoms with Crippen molar-refractivity contribution in [3.8, 4) is 0 Å². The number of guanidine groups is 1. The highest BCUT2D eigenvalue weighted by molar-refractivity contribution is 7.11. The smallest absolute Gasteiger partial charge is 0.191 e. The van der Waals surface area contributed by atoms with E-state index in [9.17, 15) is 0 Å². The molecular weight excluding hydrogens is 374 g/mol. The van der Waals surface area contributed by atoms with Crippen LogP contribution in [0, 0.1) is 13.8 Å². The fourth-order valence-electron chi connectivity index (χ4n) is 3.26. The average molecular weight is 406 g/mol. The Balaban J connectivity index is 1.49. The van der Waals surface area contributed by atoms with Crippen LogP contribution in [0.1, 0.15) is 39.9 Å². The number of nitrogens with one attached hydrogen (secondary N) is 2. The average Bonchev–Trinajstić information content (AvgIpc) is 3.25. The zero-order valence-electron chi connectivity index (χ0n) is 16.8. The number of rotatable bonds is 7. The van der Waals surface area contributed by atoms with Gasteiger partial charge in [0.2, 0.25) is 0 Å². The molecule has 0 spiro atoms. The summed E-state index contributed by atoms with van der Waals surface area (Å²) in [6, 6.07) is 2.72. The molecule has 0 aliphatic carbocycles. The van der Waals surface area contributed by atoms with E-state index >= 15 is 0 Å². The summed E-state index contributed by atoms with van der Waals surface area (Å²) in [4.78, 5) is 14.9. The molecule has 3 rings (SSSR count). The Labute approximate surface area is 170 Å². The lowest BCUT2D eigenvalue weighted by molar-refractivity contribution is 0.197. The Morgan fingerprint density at radius 2 is 2.22 bits per heavy atom. The minimum Gasteiger partial charge on any atom is -0.357 e. The van der Waals surface area contributed by atoms with Gasteiger partial charge in [0.15, 0.2) is 5.96 Å². The Bertz CT molecular complexity index is 745. The zero-order valence-corrected chi connectivity index (χ0v) is 18.5. The molecule has 0 amide bonds. The molecule has 1 aliphatic rings. The monoisotopic (exact) mass is 405 g/mol. The van der Waals surface area contributed by atoms with Crippen LogP contribution in [0.4, 0.5) is 0 Å². The summed E-state index contributed by atoms with van der Waals surface area (Å²) < 4.78 is 0. The third-order valence-electron chi connectivity index (χ3n) is 5.02. The van der Waals surface area contributed by atoms with Crippen LogP contribution in [0.15, 0.2) is 16.4 Å². The highest BCUT2D eigenvalue weighted by atomic mass is 32.1. The van der Waals surface area contributed by atoms with Crippen molar-refractivity contribution < 1.29 is 0 Å². The topological polar surface area (TPSA) is 52.6 Å². The molecule has 5 nitrogen and oxygen atoms in total. The summed E-state index contributed by atoms with van der Waals surface area (Å²) >= 11 is 3.69. The molecule has 7 heteroatoms. The van der Waals surface area contributed by atoms with Crippen molar-refractivity contribution in [2.24, 2.45) is 4.99 Å². The van der Waals surface area contributed by atoms with Gasteiger partial charge in [0.1, 0.15) is 0 Å². The summed E-state index contributed by atoms with van der Waals surface area (Å²) in [5.74, 6) is 0.905. The molecule has 1 aliphatic heterocycles. The van der Waals surface area contributed by atoms with E-state index in [1.807, 2.05) is 11.3 Å². The molecule has 0 saturated carbocycles. The number of aliphatic imine (C=N–C) groups is 1. The molecule has 1 unspecified atom stereocenters. The number of aromatic nitrogens is 1. The first kappa shape index (κ1) is 20.3. The number of fused-ring (bicyclic) bond motifs is 1. The van der Waals surface area contributed by atoms with Gasteiger partial charge in [-0.2, -0.15) is 0 Å². The van der Waals surface area contributed by atoms with Crippen LogP contribution in [-0.2, 0) is 19.4 Å². The van der Waals surface area contributed by atoms with E-state index in [1.165, 1.54) is 21.9 Å². The number of thiazole rings is 1. The zero-order chi connectivity index (χ0) is 19.2. The first-order valence-corrected chi connectivity index (χ1v) is 11.5. The summed E-state index contributed by atoms with van der Waals surface area (Å²) in [5.41, 5.74) is 2.65. The van der Waals surface area contributed by atoms with Crippen LogP contribution in [0.5, 0.6) is 0 Å². The van der Waals surface area contributed by atoms with E-state index in [-0.39, 0.29) is 0 Å². The second-order valence-corrected chi connectivity index (χ2v) is 9.37. The van der Waals surface area contributed by atoms with Crippen LogP contribution in [0.2, 0.25) is 0 Å². The Morgan fingerprint density at radius 3 is 2.96 bits per heavy atom. The molecule has 2 aromatic heterocycles. The Morgan fingerprint density at radius 1 is 1.37 bits per heavy atom. The predicted octanol–water partition coefficient (Wildman–Crippen LogP) is 3.37. The van der Waals surface area contributed by atoms with Crippen molar-refractivity contribution in [3.63, 3.8) is 0 Å². The van der Waals surface area contributed by atoms with Crippen LogP contribution >= 0.6 is 22.7 Å². The molecule has 0 bridgehead atoms. The van der Waals surface area contributed by atoms with Crippen molar-refractivity contribution in [1.82, 2.24) is 20.5 Å². The lowest BCUT2D eigenvalue weighted by atomic mass is 10.1. The van der Waals surface area contributed by atoms with E-state index < -0.39 is 0 Å². The third-order valence-corrected chi connectivity index (χ3v) is 7.18. The minimum absolute atomic E-state index is 0.442. The maximum atomic E-state index is 4.82. The Hall–Kier alpha value is -1.44. The standard InChI is InChI=1S/C20H31N5S2/c1-5-21-20(22-9-6-19-24-15(3)16(4)27-19)23-12-14(2)25-10-7-18-17(13-25)8-11-26-18/h8,11,14H,5-7,9-10,12-13H2,1-4H3,(H2,21,22,23). The summed E-state index contributed by atoms with van der Waals surface area (Å²) in [6.07, 6.45) is 2.11. The fourth-order valence-corrected chi connectivity index (χ4v) is 5.08. The Kier molecular flexibility index (Phi) is 7.26. The highest BCUT2D eigenvalue weighted by Gasteiger charge is 2.21. The van der Waals surface area contributed by atoms with Gasteiger partial charge in [-0.05, 0) is 51.1 Å². The number of thiophene rings is 1. The second-order valence-electron chi connectivity index (χ2n) is 7.08. The van der Waals surface area contributed by atoms with Crippen LogP contribution in [0.3, 0.4) is 0 Å². The lowest BCUT2D eigenvalue weighted by Crippen LogP contribution is -2.41. The van der Waals surface area contributed by atoms with Crippen LogP contribution < -0.4 is 10.6 Å². The quantitative estimate of drug-likeness (QED) is 0.548. The van der Waals surface area contributed by atoms with Gasteiger partial charge < -0.3 is 10.6 Å². The summed E-state index contributed by atoms with van der Waals surface area (Å²) in [5, 5.41) is 10.2. The van der Waals surface area contributed by atoms with E-state index in [0.717, 1.165) is 50.8 Å².